The Morgan fingerprint density at radius 3 is 2.61 bits per heavy atom. The summed E-state index contributed by atoms with van der Waals surface area (Å²) in [5.41, 5.74) is -0.690. The highest BCUT2D eigenvalue weighted by molar-refractivity contribution is 7.20. The molecule has 6 nitrogen and oxygen atoms in total. The second-order valence-corrected chi connectivity index (χ2v) is 5.95. The minimum Gasteiger partial charge on any atom is -0.444 e. The summed E-state index contributed by atoms with van der Waals surface area (Å²) in [4.78, 5) is 26.5. The molecule has 1 rings (SSSR count). The highest BCUT2D eigenvalue weighted by Crippen LogP contribution is 2.28. The smallest absolute Gasteiger partial charge is 0.413 e. The van der Waals surface area contributed by atoms with Gasteiger partial charge in [-0.2, -0.15) is 0 Å². The summed E-state index contributed by atoms with van der Waals surface area (Å²) < 4.78 is 5.13. The SMILES string of the molecule is CC(C)(C)OC(=O)Nc1nc(C(=O)CO)c(Cl)s1. The van der Waals surface area contributed by atoms with Crippen LogP contribution in [0.5, 0.6) is 0 Å². The molecule has 0 saturated heterocycles. The quantitative estimate of drug-likeness (QED) is 0.835. The highest BCUT2D eigenvalue weighted by atomic mass is 35.5. The lowest BCUT2D eigenvalue weighted by molar-refractivity contribution is 0.0635. The molecule has 0 radical (unpaired) electrons. The fraction of sp³-hybridized carbons (Fsp3) is 0.500. The van der Waals surface area contributed by atoms with Crippen molar-refractivity contribution in [3.8, 4) is 0 Å². The molecule has 100 valence electrons. The standard InChI is InChI=1S/C10H13ClN2O4S/c1-10(2,3)17-9(16)13-8-12-6(5(15)4-14)7(11)18-8/h14H,4H2,1-3H3,(H,12,13,16). The molecular weight excluding hydrogens is 280 g/mol. The zero-order valence-corrected chi connectivity index (χ0v) is 11.7. The number of hydrogen-bond acceptors (Lipinski definition) is 6. The van der Waals surface area contributed by atoms with E-state index in [9.17, 15) is 9.59 Å². The van der Waals surface area contributed by atoms with E-state index < -0.39 is 24.1 Å². The number of halogens is 1. The monoisotopic (exact) mass is 292 g/mol. The summed E-state index contributed by atoms with van der Waals surface area (Å²) >= 11 is 6.69. The van der Waals surface area contributed by atoms with Gasteiger partial charge in [-0.15, -0.1) is 0 Å². The average Bonchev–Trinajstić information content (AvgIpc) is 2.55. The van der Waals surface area contributed by atoms with Crippen LogP contribution in [0.3, 0.4) is 0 Å². The van der Waals surface area contributed by atoms with Crippen molar-refractivity contribution >= 4 is 39.9 Å². The number of aromatic nitrogens is 1. The van der Waals surface area contributed by atoms with Gasteiger partial charge in [-0.25, -0.2) is 9.78 Å². The Hall–Kier alpha value is -1.18. The molecule has 0 unspecified atom stereocenters. The van der Waals surface area contributed by atoms with E-state index in [0.29, 0.717) is 0 Å². The number of carbonyl (C=O) groups excluding carboxylic acids is 2. The maximum Gasteiger partial charge on any atom is 0.413 e. The Balaban J connectivity index is 2.75. The Kier molecular flexibility index (Phi) is 4.66. The lowest BCUT2D eigenvalue weighted by Crippen LogP contribution is -2.27. The van der Waals surface area contributed by atoms with Gasteiger partial charge in [0.1, 0.15) is 22.2 Å². The molecule has 0 atom stereocenters. The zero-order valence-electron chi connectivity index (χ0n) is 10.1. The van der Waals surface area contributed by atoms with Crippen LogP contribution < -0.4 is 5.32 Å². The van der Waals surface area contributed by atoms with Gasteiger partial charge in [0.05, 0.1) is 0 Å². The second kappa shape index (κ2) is 5.64. The van der Waals surface area contributed by atoms with Crippen molar-refractivity contribution in [1.82, 2.24) is 4.98 Å². The van der Waals surface area contributed by atoms with E-state index in [-0.39, 0.29) is 15.2 Å². The van der Waals surface area contributed by atoms with Crippen molar-refractivity contribution in [2.24, 2.45) is 0 Å². The number of anilines is 1. The van der Waals surface area contributed by atoms with E-state index in [1.807, 2.05) is 0 Å². The molecule has 2 N–H and O–H groups in total. The number of carbonyl (C=O) groups is 2. The van der Waals surface area contributed by atoms with Crippen LogP contribution >= 0.6 is 22.9 Å². The predicted octanol–water partition coefficient (Wildman–Crippen LogP) is 2.32. The summed E-state index contributed by atoms with van der Waals surface area (Å²) in [5, 5.41) is 11.2. The number of hydrogen-bond donors (Lipinski definition) is 2. The fourth-order valence-corrected chi connectivity index (χ4v) is 2.06. The Labute approximate surface area is 113 Å². The predicted molar refractivity (Wildman–Crippen MR) is 68.4 cm³/mol. The van der Waals surface area contributed by atoms with Gasteiger partial charge in [-0.3, -0.25) is 10.1 Å². The molecule has 0 aliphatic heterocycles. The number of ketones is 1. The molecule has 0 fully saturated rings. The summed E-state index contributed by atoms with van der Waals surface area (Å²) in [6, 6.07) is 0. The summed E-state index contributed by atoms with van der Waals surface area (Å²) in [6.07, 6.45) is -0.684. The summed E-state index contributed by atoms with van der Waals surface area (Å²) in [5.74, 6) is -0.603. The highest BCUT2D eigenvalue weighted by Gasteiger charge is 2.20. The molecule has 1 aromatic heterocycles. The van der Waals surface area contributed by atoms with Crippen LogP contribution in [-0.2, 0) is 4.74 Å². The van der Waals surface area contributed by atoms with E-state index >= 15 is 0 Å². The maximum atomic E-state index is 11.4. The van der Waals surface area contributed by atoms with Crippen molar-refractivity contribution in [2.75, 3.05) is 11.9 Å². The number of nitrogens with one attached hydrogen (secondary N) is 1. The van der Waals surface area contributed by atoms with Gasteiger partial charge in [0.2, 0.25) is 5.78 Å². The van der Waals surface area contributed by atoms with Gasteiger partial charge < -0.3 is 9.84 Å². The van der Waals surface area contributed by atoms with Crippen LogP contribution in [0.2, 0.25) is 4.34 Å². The largest absolute Gasteiger partial charge is 0.444 e. The molecule has 1 aromatic rings. The minimum atomic E-state index is -0.685. The summed E-state index contributed by atoms with van der Waals surface area (Å²) in [6.45, 7) is 4.49. The third-order valence-corrected chi connectivity index (χ3v) is 2.77. The second-order valence-electron chi connectivity index (χ2n) is 4.35. The average molecular weight is 293 g/mol. The van der Waals surface area contributed by atoms with Gasteiger partial charge in [0.25, 0.3) is 0 Å². The normalized spacial score (nSPS) is 11.2. The number of rotatable bonds is 3. The third kappa shape index (κ3) is 4.25. The van der Waals surface area contributed by atoms with Crippen LogP contribution in [-0.4, -0.2) is 34.2 Å². The van der Waals surface area contributed by atoms with E-state index in [0.717, 1.165) is 11.3 Å². The van der Waals surface area contributed by atoms with E-state index in [1.54, 1.807) is 20.8 Å². The number of thiazole rings is 1. The van der Waals surface area contributed by atoms with Gasteiger partial charge in [-0.05, 0) is 20.8 Å². The van der Waals surface area contributed by atoms with Crippen LogP contribution in [0.25, 0.3) is 0 Å². The minimum absolute atomic E-state index is 0.0600. The van der Waals surface area contributed by atoms with Crippen LogP contribution in [0.15, 0.2) is 0 Å². The number of aliphatic hydroxyl groups is 1. The van der Waals surface area contributed by atoms with E-state index in [1.165, 1.54) is 0 Å². The molecule has 0 aliphatic carbocycles. The van der Waals surface area contributed by atoms with Gasteiger partial charge in [0, 0.05) is 0 Å². The van der Waals surface area contributed by atoms with Gasteiger partial charge in [-0.1, -0.05) is 22.9 Å². The van der Waals surface area contributed by atoms with Crippen LogP contribution in [0, 0.1) is 0 Å². The third-order valence-electron chi connectivity index (χ3n) is 1.60. The molecule has 1 amide bonds. The topological polar surface area (TPSA) is 88.5 Å². The molecule has 0 aromatic carbocycles. The van der Waals surface area contributed by atoms with Crippen molar-refractivity contribution < 1.29 is 19.4 Å². The summed E-state index contributed by atoms with van der Waals surface area (Å²) in [7, 11) is 0. The molecule has 8 heteroatoms. The molecular formula is C10H13ClN2O4S. The first kappa shape index (κ1) is 14.9. The van der Waals surface area contributed by atoms with Crippen LogP contribution in [0.1, 0.15) is 31.3 Å². The molecule has 0 saturated carbocycles. The van der Waals surface area contributed by atoms with Crippen molar-refractivity contribution in [3.05, 3.63) is 10.0 Å². The molecule has 0 aliphatic rings. The number of nitrogens with zero attached hydrogens (tertiary/aromatic N) is 1. The van der Waals surface area contributed by atoms with Gasteiger partial charge in [0.15, 0.2) is 5.13 Å². The Morgan fingerprint density at radius 2 is 2.11 bits per heavy atom. The molecule has 1 heterocycles. The van der Waals surface area contributed by atoms with E-state index in [4.69, 9.17) is 21.4 Å². The zero-order chi connectivity index (χ0) is 13.9. The Bertz CT molecular complexity index is 467. The first-order valence-electron chi connectivity index (χ1n) is 5.03. The number of Topliss-reactive ketones (excluding diaryl/α,β-unsaturated/α-hetero) is 1. The number of amides is 1. The first-order chi connectivity index (χ1) is 8.23. The van der Waals surface area contributed by atoms with Crippen molar-refractivity contribution in [3.63, 3.8) is 0 Å². The lowest BCUT2D eigenvalue weighted by atomic mass is 10.2. The maximum absolute atomic E-state index is 11.4. The number of aliphatic hydroxyl groups excluding tert-OH is 1. The van der Waals surface area contributed by atoms with E-state index in [2.05, 4.69) is 10.3 Å². The van der Waals surface area contributed by atoms with Gasteiger partial charge >= 0.3 is 6.09 Å². The molecule has 0 bridgehead atoms. The molecule has 0 spiro atoms. The number of ether oxygens (including phenoxy) is 1. The van der Waals surface area contributed by atoms with Crippen molar-refractivity contribution in [1.29, 1.82) is 0 Å². The first-order valence-corrected chi connectivity index (χ1v) is 6.23. The lowest BCUT2D eigenvalue weighted by Gasteiger charge is -2.18. The molecule has 18 heavy (non-hydrogen) atoms. The Morgan fingerprint density at radius 1 is 1.50 bits per heavy atom. The van der Waals surface area contributed by atoms with Crippen LogP contribution in [0.4, 0.5) is 9.93 Å². The fourth-order valence-electron chi connectivity index (χ4n) is 0.993. The van der Waals surface area contributed by atoms with Crippen molar-refractivity contribution in [2.45, 2.75) is 26.4 Å².